The van der Waals surface area contributed by atoms with Crippen LogP contribution in [0.15, 0.2) is 35.9 Å². The summed E-state index contributed by atoms with van der Waals surface area (Å²) in [5.41, 5.74) is 0.537. The first-order valence-electron chi connectivity index (χ1n) is 10.1. The number of halogens is 2. The van der Waals surface area contributed by atoms with Gasteiger partial charge in [-0.1, -0.05) is 29.3 Å². The fourth-order valence-electron chi connectivity index (χ4n) is 3.97. The Morgan fingerprint density at radius 2 is 1.85 bits per heavy atom. The summed E-state index contributed by atoms with van der Waals surface area (Å²) in [5.74, 6) is -0.888. The predicted octanol–water partition coefficient (Wildman–Crippen LogP) is 3.84. The second kappa shape index (κ2) is 9.51. The molecule has 2 aliphatic rings. The summed E-state index contributed by atoms with van der Waals surface area (Å²) in [6.45, 7) is 1.12. The molecular formula is C23H21Cl2NO7. The Balaban J connectivity index is 1.92. The highest BCUT2D eigenvalue weighted by Crippen LogP contribution is 2.44. The van der Waals surface area contributed by atoms with Crippen LogP contribution in [0.4, 0.5) is 0 Å². The summed E-state index contributed by atoms with van der Waals surface area (Å²) in [4.78, 5) is 27.4. The molecule has 0 aliphatic carbocycles. The Morgan fingerprint density at radius 1 is 1.12 bits per heavy atom. The van der Waals surface area contributed by atoms with Crippen LogP contribution >= 0.6 is 23.2 Å². The lowest BCUT2D eigenvalue weighted by atomic mass is 9.94. The lowest BCUT2D eigenvalue weighted by molar-refractivity contribution is -0.140. The van der Waals surface area contributed by atoms with E-state index in [0.717, 1.165) is 0 Å². The molecule has 4 rings (SSSR count). The van der Waals surface area contributed by atoms with Crippen LogP contribution in [0.1, 0.15) is 17.2 Å². The van der Waals surface area contributed by atoms with E-state index in [-0.39, 0.29) is 40.1 Å². The van der Waals surface area contributed by atoms with Crippen molar-refractivity contribution in [3.8, 4) is 17.2 Å². The minimum atomic E-state index is -0.904. The maximum absolute atomic E-state index is 13.1. The van der Waals surface area contributed by atoms with E-state index in [4.69, 9.17) is 42.1 Å². The van der Waals surface area contributed by atoms with Crippen LogP contribution in [-0.2, 0) is 14.3 Å². The average Bonchev–Trinajstić information content (AvgIpc) is 3.06. The number of rotatable bonds is 6. The zero-order chi connectivity index (χ0) is 23.7. The third-order valence-electron chi connectivity index (χ3n) is 5.43. The van der Waals surface area contributed by atoms with Gasteiger partial charge < -0.3 is 29.0 Å². The SMILES string of the molecule is COCCN1C(=O)C(=O)/C(=C(/O)c2cc(Cl)cc(Cl)c2OC)C1c1ccc2c(c1)OCCO2. The number of ether oxygens (including phenoxy) is 4. The number of carbonyl (C=O) groups is 2. The molecule has 0 aromatic heterocycles. The number of aliphatic hydroxyl groups excluding tert-OH is 1. The summed E-state index contributed by atoms with van der Waals surface area (Å²) < 4.78 is 21.7. The molecule has 0 saturated carbocycles. The molecule has 1 unspecified atom stereocenters. The van der Waals surface area contributed by atoms with Crippen molar-refractivity contribution in [1.82, 2.24) is 4.90 Å². The Kier molecular flexibility index (Phi) is 6.69. The summed E-state index contributed by atoms with van der Waals surface area (Å²) in [7, 11) is 2.87. The lowest BCUT2D eigenvalue weighted by Crippen LogP contribution is -2.32. The highest BCUT2D eigenvalue weighted by Gasteiger charge is 2.46. The standard InChI is InChI=1S/C23H21Cl2NO7/c1-30-6-5-26-19(12-3-4-16-17(9-12)33-8-7-32-16)18(21(28)23(26)29)20(27)14-10-13(24)11-15(25)22(14)31-2/h3-4,9-11,19,27H,5-8H2,1-2H3/b20-18+. The fraction of sp³-hybridized carbons (Fsp3) is 0.304. The van der Waals surface area contributed by atoms with E-state index < -0.39 is 23.5 Å². The molecule has 8 nitrogen and oxygen atoms in total. The average molecular weight is 494 g/mol. The molecule has 0 spiro atoms. The minimum absolute atomic E-state index is 0.0993. The third kappa shape index (κ3) is 4.21. The summed E-state index contributed by atoms with van der Waals surface area (Å²) in [6.07, 6.45) is 0. The fourth-order valence-corrected chi connectivity index (χ4v) is 4.54. The van der Waals surface area contributed by atoms with Crippen molar-refractivity contribution in [2.75, 3.05) is 40.6 Å². The first kappa shape index (κ1) is 23.2. The van der Waals surface area contributed by atoms with Gasteiger partial charge >= 0.3 is 0 Å². The third-order valence-corrected chi connectivity index (χ3v) is 5.92. The first-order chi connectivity index (χ1) is 15.9. The van der Waals surface area contributed by atoms with Gasteiger partial charge in [0.05, 0.1) is 35.9 Å². The smallest absolute Gasteiger partial charge is 0.295 e. The molecule has 1 atom stereocenters. The Hall–Kier alpha value is -2.94. The molecule has 0 bridgehead atoms. The van der Waals surface area contributed by atoms with Crippen LogP contribution in [0.5, 0.6) is 17.2 Å². The number of aliphatic hydroxyl groups is 1. The number of likely N-dealkylation sites (tertiary alicyclic amines) is 1. The molecule has 10 heteroatoms. The van der Waals surface area contributed by atoms with E-state index in [2.05, 4.69) is 0 Å². The van der Waals surface area contributed by atoms with Gasteiger partial charge in [0.1, 0.15) is 24.7 Å². The number of fused-ring (bicyclic) bond motifs is 1. The lowest BCUT2D eigenvalue weighted by Gasteiger charge is -2.27. The number of benzene rings is 2. The van der Waals surface area contributed by atoms with Gasteiger partial charge in [-0.05, 0) is 29.8 Å². The Morgan fingerprint density at radius 3 is 2.55 bits per heavy atom. The maximum Gasteiger partial charge on any atom is 0.295 e. The summed E-state index contributed by atoms with van der Waals surface area (Å²) in [6, 6.07) is 7.09. The van der Waals surface area contributed by atoms with Gasteiger partial charge in [-0.25, -0.2) is 0 Å². The van der Waals surface area contributed by atoms with Crippen molar-refractivity contribution in [2.24, 2.45) is 0 Å². The molecule has 174 valence electrons. The number of amides is 1. The zero-order valence-corrected chi connectivity index (χ0v) is 19.4. The summed E-state index contributed by atoms with van der Waals surface area (Å²) >= 11 is 12.4. The number of carbonyl (C=O) groups excluding carboxylic acids is 2. The van der Waals surface area contributed by atoms with E-state index in [1.807, 2.05) is 0 Å². The van der Waals surface area contributed by atoms with Crippen molar-refractivity contribution >= 4 is 40.7 Å². The van der Waals surface area contributed by atoms with Gasteiger partial charge in [-0.3, -0.25) is 9.59 Å². The molecule has 1 N–H and O–H groups in total. The Labute approximate surface area is 200 Å². The predicted molar refractivity (Wildman–Crippen MR) is 121 cm³/mol. The van der Waals surface area contributed by atoms with Crippen molar-refractivity contribution in [3.63, 3.8) is 0 Å². The number of hydrogen-bond donors (Lipinski definition) is 1. The number of Topliss-reactive ketones (excluding diaryl/α,β-unsaturated/α-hetero) is 1. The second-order valence-electron chi connectivity index (χ2n) is 7.36. The summed E-state index contributed by atoms with van der Waals surface area (Å²) in [5, 5.41) is 11.7. The molecule has 0 radical (unpaired) electrons. The van der Waals surface area contributed by atoms with Crippen LogP contribution in [0, 0.1) is 0 Å². The van der Waals surface area contributed by atoms with Crippen molar-refractivity contribution in [1.29, 1.82) is 0 Å². The number of ketones is 1. The largest absolute Gasteiger partial charge is 0.507 e. The normalized spacial score (nSPS) is 19.2. The van der Waals surface area contributed by atoms with Gasteiger partial charge in [-0.15, -0.1) is 0 Å². The first-order valence-corrected chi connectivity index (χ1v) is 10.8. The molecule has 33 heavy (non-hydrogen) atoms. The van der Waals surface area contributed by atoms with Gasteiger partial charge in [0, 0.05) is 18.7 Å². The Bertz CT molecular complexity index is 1150. The highest BCUT2D eigenvalue weighted by atomic mass is 35.5. The van der Waals surface area contributed by atoms with Crippen LogP contribution in [-0.4, -0.2) is 62.3 Å². The second-order valence-corrected chi connectivity index (χ2v) is 8.20. The van der Waals surface area contributed by atoms with E-state index in [1.165, 1.54) is 31.3 Å². The molecule has 2 aliphatic heterocycles. The van der Waals surface area contributed by atoms with Gasteiger partial charge in [0.25, 0.3) is 11.7 Å². The molecule has 2 aromatic rings. The number of methoxy groups -OCH3 is 2. The van der Waals surface area contributed by atoms with E-state index in [9.17, 15) is 14.7 Å². The monoisotopic (exact) mass is 493 g/mol. The molecule has 1 saturated heterocycles. The molecular weight excluding hydrogens is 473 g/mol. The van der Waals surface area contributed by atoms with Crippen molar-refractivity contribution < 1.29 is 33.6 Å². The van der Waals surface area contributed by atoms with Crippen LogP contribution in [0.25, 0.3) is 5.76 Å². The van der Waals surface area contributed by atoms with Crippen molar-refractivity contribution in [2.45, 2.75) is 6.04 Å². The molecule has 1 fully saturated rings. The van der Waals surface area contributed by atoms with E-state index in [0.29, 0.717) is 30.3 Å². The quantitative estimate of drug-likeness (QED) is 0.371. The maximum atomic E-state index is 13.1. The molecule has 2 heterocycles. The van der Waals surface area contributed by atoms with Crippen molar-refractivity contribution in [3.05, 3.63) is 57.1 Å². The van der Waals surface area contributed by atoms with Gasteiger partial charge in [0.2, 0.25) is 0 Å². The molecule has 2 aromatic carbocycles. The topological polar surface area (TPSA) is 94.5 Å². The van der Waals surface area contributed by atoms with Gasteiger partial charge in [0.15, 0.2) is 11.5 Å². The van der Waals surface area contributed by atoms with Crippen LogP contribution < -0.4 is 14.2 Å². The molecule has 1 amide bonds. The minimum Gasteiger partial charge on any atom is -0.507 e. The highest BCUT2D eigenvalue weighted by molar-refractivity contribution is 6.46. The van der Waals surface area contributed by atoms with Crippen LogP contribution in [0.2, 0.25) is 10.0 Å². The number of nitrogens with zero attached hydrogens (tertiary/aromatic N) is 1. The van der Waals surface area contributed by atoms with Crippen LogP contribution in [0.3, 0.4) is 0 Å². The zero-order valence-electron chi connectivity index (χ0n) is 17.9. The van der Waals surface area contributed by atoms with E-state index in [1.54, 1.807) is 18.2 Å². The van der Waals surface area contributed by atoms with E-state index >= 15 is 0 Å². The van der Waals surface area contributed by atoms with Gasteiger partial charge in [-0.2, -0.15) is 0 Å². The number of hydrogen-bond acceptors (Lipinski definition) is 7.